The Morgan fingerprint density at radius 2 is 1.88 bits per heavy atom. The van der Waals surface area contributed by atoms with Gasteiger partial charge in [0.1, 0.15) is 18.5 Å². The minimum Gasteiger partial charge on any atom is -0.491 e. The molecule has 0 aliphatic heterocycles. The van der Waals surface area contributed by atoms with E-state index in [4.69, 9.17) is 4.74 Å². The molecule has 0 bridgehead atoms. The second kappa shape index (κ2) is 6.94. The summed E-state index contributed by atoms with van der Waals surface area (Å²) in [6.07, 6.45) is -0.857. The number of aryl methyl sites for hydroxylation is 1. The zero-order valence-corrected chi connectivity index (χ0v) is 14.2. The Balaban J connectivity index is 1.72. The Hall–Kier alpha value is -2.86. The van der Waals surface area contributed by atoms with Crippen molar-refractivity contribution < 1.29 is 14.6 Å². The highest BCUT2D eigenvalue weighted by atomic mass is 16.5. The number of benzene rings is 2. The number of aliphatic hydroxyl groups is 1. The topological polar surface area (TPSA) is 73.5 Å². The first-order valence-electron chi connectivity index (χ1n) is 8.03. The summed E-state index contributed by atoms with van der Waals surface area (Å²) < 4.78 is 8.66. The van der Waals surface area contributed by atoms with Crippen molar-refractivity contribution in [3.8, 4) is 5.75 Å². The van der Waals surface area contributed by atoms with Gasteiger partial charge >= 0.3 is 5.69 Å². The fourth-order valence-electron chi connectivity index (χ4n) is 2.80. The number of aliphatic hydroxyl groups excluding tert-OH is 1. The molecule has 3 aromatic rings. The summed E-state index contributed by atoms with van der Waals surface area (Å²) in [4.78, 5) is 23.7. The number of Topliss-reactive ketones (excluding diaryl/α,β-unsaturated/α-hetero) is 1. The highest BCUT2D eigenvalue weighted by molar-refractivity contribution is 5.94. The third kappa shape index (κ3) is 3.49. The van der Waals surface area contributed by atoms with Gasteiger partial charge in [0.15, 0.2) is 5.78 Å². The molecule has 0 fully saturated rings. The first-order valence-corrected chi connectivity index (χ1v) is 8.03. The first-order chi connectivity index (χ1) is 12.0. The number of ether oxygens (including phenoxy) is 1. The van der Waals surface area contributed by atoms with E-state index < -0.39 is 6.10 Å². The van der Waals surface area contributed by atoms with Gasteiger partial charge in [-0.05, 0) is 31.2 Å². The van der Waals surface area contributed by atoms with Crippen molar-refractivity contribution in [2.75, 3.05) is 6.61 Å². The van der Waals surface area contributed by atoms with E-state index in [1.807, 2.05) is 24.3 Å². The molecule has 0 saturated carbocycles. The van der Waals surface area contributed by atoms with Crippen LogP contribution in [0.4, 0.5) is 0 Å². The maximum atomic E-state index is 12.4. The second-order valence-corrected chi connectivity index (χ2v) is 5.99. The molecule has 1 heterocycles. The van der Waals surface area contributed by atoms with E-state index in [1.54, 1.807) is 35.9 Å². The van der Waals surface area contributed by atoms with Crippen LogP contribution in [-0.4, -0.2) is 32.7 Å². The van der Waals surface area contributed by atoms with Gasteiger partial charge < -0.3 is 9.84 Å². The largest absolute Gasteiger partial charge is 0.491 e. The summed E-state index contributed by atoms with van der Waals surface area (Å²) in [7, 11) is 1.71. The lowest BCUT2D eigenvalue weighted by Gasteiger charge is -2.13. The zero-order valence-electron chi connectivity index (χ0n) is 14.2. The lowest BCUT2D eigenvalue weighted by Crippen LogP contribution is -2.30. The summed E-state index contributed by atoms with van der Waals surface area (Å²) in [5.74, 6) is 0.463. The van der Waals surface area contributed by atoms with Crippen LogP contribution in [0.3, 0.4) is 0 Å². The summed E-state index contributed by atoms with van der Waals surface area (Å²) in [6, 6.07) is 14.2. The van der Waals surface area contributed by atoms with Crippen molar-refractivity contribution in [3.63, 3.8) is 0 Å². The normalized spacial score (nSPS) is 12.3. The summed E-state index contributed by atoms with van der Waals surface area (Å²) >= 11 is 0. The fraction of sp³-hybridized carbons (Fsp3) is 0.263. The lowest BCUT2D eigenvalue weighted by molar-refractivity contribution is 0.0923. The predicted octanol–water partition coefficient (Wildman–Crippen LogP) is 1.98. The third-order valence-corrected chi connectivity index (χ3v) is 4.13. The zero-order chi connectivity index (χ0) is 18.0. The number of imidazole rings is 1. The number of carbonyl (C=O) groups is 1. The van der Waals surface area contributed by atoms with Crippen LogP contribution in [0.5, 0.6) is 5.75 Å². The van der Waals surface area contributed by atoms with Gasteiger partial charge in [-0.15, -0.1) is 0 Å². The Kier molecular flexibility index (Phi) is 4.72. The van der Waals surface area contributed by atoms with E-state index in [0.717, 1.165) is 11.0 Å². The molecule has 2 aromatic carbocycles. The molecule has 0 aliphatic carbocycles. The number of fused-ring (bicyclic) bond motifs is 1. The molecule has 1 N–H and O–H groups in total. The Labute approximate surface area is 144 Å². The van der Waals surface area contributed by atoms with Crippen molar-refractivity contribution in [2.45, 2.75) is 19.6 Å². The molecule has 0 radical (unpaired) electrons. The fourth-order valence-corrected chi connectivity index (χ4v) is 2.80. The van der Waals surface area contributed by atoms with E-state index in [2.05, 4.69) is 0 Å². The molecule has 0 aliphatic rings. The molecule has 130 valence electrons. The molecule has 1 atom stereocenters. The van der Waals surface area contributed by atoms with Crippen LogP contribution in [0.15, 0.2) is 53.3 Å². The van der Waals surface area contributed by atoms with Gasteiger partial charge in [-0.2, -0.15) is 0 Å². The Morgan fingerprint density at radius 1 is 1.16 bits per heavy atom. The number of hydrogen-bond acceptors (Lipinski definition) is 4. The number of para-hydroxylation sites is 2. The minimum atomic E-state index is -0.857. The average Bonchev–Trinajstić information content (AvgIpc) is 2.85. The maximum Gasteiger partial charge on any atom is 0.328 e. The molecule has 6 heteroatoms. The van der Waals surface area contributed by atoms with Gasteiger partial charge in [0.25, 0.3) is 0 Å². The van der Waals surface area contributed by atoms with E-state index in [-0.39, 0.29) is 24.6 Å². The number of hydrogen-bond donors (Lipinski definition) is 1. The van der Waals surface area contributed by atoms with Crippen LogP contribution in [0.2, 0.25) is 0 Å². The summed E-state index contributed by atoms with van der Waals surface area (Å²) in [5.41, 5.74) is 1.96. The monoisotopic (exact) mass is 340 g/mol. The van der Waals surface area contributed by atoms with Crippen molar-refractivity contribution in [3.05, 3.63) is 64.6 Å². The molecule has 25 heavy (non-hydrogen) atoms. The Morgan fingerprint density at radius 3 is 2.60 bits per heavy atom. The maximum absolute atomic E-state index is 12.4. The van der Waals surface area contributed by atoms with E-state index in [1.165, 1.54) is 11.5 Å². The molecular formula is C19H20N2O4. The number of rotatable bonds is 6. The summed E-state index contributed by atoms with van der Waals surface area (Å²) in [6.45, 7) is 1.64. The molecular weight excluding hydrogens is 320 g/mol. The predicted molar refractivity (Wildman–Crippen MR) is 95.1 cm³/mol. The molecule has 0 saturated heterocycles. The molecule has 6 nitrogen and oxygen atoms in total. The molecule has 3 rings (SSSR count). The van der Waals surface area contributed by atoms with Crippen molar-refractivity contribution >= 4 is 16.8 Å². The van der Waals surface area contributed by atoms with Crippen LogP contribution < -0.4 is 10.4 Å². The van der Waals surface area contributed by atoms with Crippen LogP contribution in [0, 0.1) is 0 Å². The van der Waals surface area contributed by atoms with Crippen molar-refractivity contribution in [2.24, 2.45) is 7.05 Å². The van der Waals surface area contributed by atoms with Crippen LogP contribution in [0.1, 0.15) is 17.3 Å². The smallest absolute Gasteiger partial charge is 0.328 e. The van der Waals surface area contributed by atoms with Gasteiger partial charge in [-0.3, -0.25) is 13.9 Å². The standard InChI is InChI=1S/C19H20N2O4/c1-13(22)14-6-5-7-16(10-14)25-12-15(23)11-21-18-9-4-3-8-17(18)20(2)19(21)24/h3-10,15,23H,11-12H2,1-2H3. The summed E-state index contributed by atoms with van der Waals surface area (Å²) in [5, 5.41) is 10.3. The number of nitrogens with zero attached hydrogens (tertiary/aromatic N) is 2. The van der Waals surface area contributed by atoms with Gasteiger partial charge in [-0.1, -0.05) is 24.3 Å². The quantitative estimate of drug-likeness (QED) is 0.697. The van der Waals surface area contributed by atoms with Crippen LogP contribution >= 0.6 is 0 Å². The minimum absolute atomic E-state index is 0.0248. The van der Waals surface area contributed by atoms with Crippen LogP contribution in [-0.2, 0) is 13.6 Å². The molecule has 0 amide bonds. The first kappa shape index (κ1) is 17.0. The lowest BCUT2D eigenvalue weighted by atomic mass is 10.1. The molecule has 0 spiro atoms. The van der Waals surface area contributed by atoms with Gasteiger partial charge in [-0.25, -0.2) is 4.79 Å². The van der Waals surface area contributed by atoms with Crippen LogP contribution in [0.25, 0.3) is 11.0 Å². The van der Waals surface area contributed by atoms with E-state index in [0.29, 0.717) is 11.3 Å². The molecule has 1 unspecified atom stereocenters. The van der Waals surface area contributed by atoms with Gasteiger partial charge in [0, 0.05) is 12.6 Å². The number of carbonyl (C=O) groups excluding carboxylic acids is 1. The SMILES string of the molecule is CC(=O)c1cccc(OCC(O)Cn2c(=O)n(C)c3ccccc32)c1. The van der Waals surface area contributed by atoms with Gasteiger partial charge in [0.05, 0.1) is 17.6 Å². The van der Waals surface area contributed by atoms with Crippen molar-refractivity contribution in [1.29, 1.82) is 0 Å². The second-order valence-electron chi connectivity index (χ2n) is 5.99. The van der Waals surface area contributed by atoms with Gasteiger partial charge in [0.2, 0.25) is 0 Å². The van der Waals surface area contributed by atoms with E-state index >= 15 is 0 Å². The van der Waals surface area contributed by atoms with Crippen molar-refractivity contribution in [1.82, 2.24) is 9.13 Å². The average molecular weight is 340 g/mol. The number of ketones is 1. The van der Waals surface area contributed by atoms with E-state index in [9.17, 15) is 14.7 Å². The Bertz CT molecular complexity index is 971. The third-order valence-electron chi connectivity index (χ3n) is 4.13. The molecule has 1 aromatic heterocycles. The number of aromatic nitrogens is 2. The highest BCUT2D eigenvalue weighted by Crippen LogP contribution is 2.15. The highest BCUT2D eigenvalue weighted by Gasteiger charge is 2.14.